The summed E-state index contributed by atoms with van der Waals surface area (Å²) in [4.78, 5) is 64.6. The van der Waals surface area contributed by atoms with Crippen LogP contribution in [0.3, 0.4) is 0 Å². The van der Waals surface area contributed by atoms with E-state index in [1.165, 1.54) is 9.80 Å². The first-order chi connectivity index (χ1) is 14.4. The van der Waals surface area contributed by atoms with Gasteiger partial charge in [0.25, 0.3) is 0 Å². The van der Waals surface area contributed by atoms with Crippen molar-refractivity contribution in [2.24, 2.45) is 0 Å². The lowest BCUT2D eigenvalue weighted by molar-refractivity contribution is -0.148. The Hall–Kier alpha value is -2.85. The molecule has 0 bridgehead atoms. The second-order valence-corrected chi connectivity index (χ2v) is 7.13. The first-order valence-corrected chi connectivity index (χ1v) is 10.3. The van der Waals surface area contributed by atoms with Crippen molar-refractivity contribution in [3.63, 3.8) is 0 Å². The highest BCUT2D eigenvalue weighted by Crippen LogP contribution is 2.18. The molecular weight excluding hydrogens is 396 g/mol. The number of hydrogen-bond donors (Lipinski definition) is 2. The Morgan fingerprint density at radius 3 is 1.60 bits per heavy atom. The van der Waals surface area contributed by atoms with Crippen LogP contribution in [0.15, 0.2) is 0 Å². The molecule has 0 aromatic heterocycles. The third-order valence-electron chi connectivity index (χ3n) is 4.81. The molecule has 0 aromatic carbocycles. The van der Waals surface area contributed by atoms with Gasteiger partial charge >= 0.3 is 18.0 Å². The highest BCUT2D eigenvalue weighted by atomic mass is 16.5. The van der Waals surface area contributed by atoms with E-state index in [2.05, 4.69) is 10.6 Å². The van der Waals surface area contributed by atoms with Crippen LogP contribution in [0.5, 0.6) is 0 Å². The molecule has 0 aromatic rings. The summed E-state index contributed by atoms with van der Waals surface area (Å²) in [6, 6.07) is -2.64. The molecule has 0 spiro atoms. The van der Waals surface area contributed by atoms with E-state index in [0.717, 1.165) is 0 Å². The van der Waals surface area contributed by atoms with Crippen molar-refractivity contribution >= 4 is 29.8 Å². The van der Waals surface area contributed by atoms with Crippen LogP contribution in [0, 0.1) is 0 Å². The maximum Gasteiger partial charge on any atom is 0.321 e. The minimum atomic E-state index is -1.03. The zero-order valence-corrected chi connectivity index (χ0v) is 17.5. The minimum Gasteiger partial charge on any atom is -0.466 e. The molecule has 168 valence electrons. The molecule has 2 saturated heterocycles. The molecule has 11 heteroatoms. The van der Waals surface area contributed by atoms with Crippen molar-refractivity contribution < 1.29 is 33.4 Å². The molecule has 0 radical (unpaired) electrons. The predicted molar refractivity (Wildman–Crippen MR) is 104 cm³/mol. The SMILES string of the molecule is CCCOC(=O)CC1C(=O)NCCN1C(=O)N1CCNC(=O)C1CC(=O)OCCC. The van der Waals surface area contributed by atoms with Crippen molar-refractivity contribution in [3.05, 3.63) is 0 Å². The summed E-state index contributed by atoms with van der Waals surface area (Å²) in [5.41, 5.74) is 0. The van der Waals surface area contributed by atoms with E-state index in [1.54, 1.807) is 0 Å². The maximum absolute atomic E-state index is 13.2. The number of rotatable bonds is 8. The van der Waals surface area contributed by atoms with E-state index in [9.17, 15) is 24.0 Å². The Morgan fingerprint density at radius 1 is 0.833 bits per heavy atom. The molecule has 2 aliphatic rings. The van der Waals surface area contributed by atoms with Gasteiger partial charge in [-0.25, -0.2) is 4.79 Å². The Labute approximate surface area is 175 Å². The van der Waals surface area contributed by atoms with Gasteiger partial charge in [0.05, 0.1) is 26.1 Å². The van der Waals surface area contributed by atoms with Crippen LogP contribution in [0.2, 0.25) is 0 Å². The van der Waals surface area contributed by atoms with Gasteiger partial charge in [-0.2, -0.15) is 0 Å². The van der Waals surface area contributed by atoms with Crippen LogP contribution in [-0.2, 0) is 28.7 Å². The molecule has 30 heavy (non-hydrogen) atoms. The first kappa shape index (κ1) is 23.4. The van der Waals surface area contributed by atoms with Gasteiger partial charge in [0.15, 0.2) is 0 Å². The van der Waals surface area contributed by atoms with E-state index < -0.39 is 41.9 Å². The molecule has 4 amide bonds. The largest absolute Gasteiger partial charge is 0.466 e. The highest BCUT2D eigenvalue weighted by molar-refractivity contribution is 5.95. The number of urea groups is 1. The van der Waals surface area contributed by atoms with Gasteiger partial charge in [-0.1, -0.05) is 13.8 Å². The Balaban J connectivity index is 2.14. The molecule has 2 N–H and O–H groups in total. The molecule has 2 aliphatic heterocycles. The van der Waals surface area contributed by atoms with Crippen LogP contribution in [0.4, 0.5) is 4.79 Å². The number of nitrogens with zero attached hydrogens (tertiary/aromatic N) is 2. The lowest BCUT2D eigenvalue weighted by Gasteiger charge is -2.41. The van der Waals surface area contributed by atoms with E-state index in [1.807, 2.05) is 13.8 Å². The van der Waals surface area contributed by atoms with Crippen molar-refractivity contribution in [3.8, 4) is 0 Å². The van der Waals surface area contributed by atoms with Gasteiger partial charge in [-0.15, -0.1) is 0 Å². The van der Waals surface area contributed by atoms with E-state index in [4.69, 9.17) is 9.47 Å². The van der Waals surface area contributed by atoms with Crippen LogP contribution in [-0.4, -0.2) is 91.1 Å². The minimum absolute atomic E-state index is 0.182. The fraction of sp³-hybridized carbons (Fsp3) is 0.737. The summed E-state index contributed by atoms with van der Waals surface area (Å²) in [5, 5.41) is 5.29. The number of nitrogens with one attached hydrogen (secondary N) is 2. The van der Waals surface area contributed by atoms with Gasteiger partial charge in [0.1, 0.15) is 12.1 Å². The maximum atomic E-state index is 13.2. The van der Waals surface area contributed by atoms with Crippen LogP contribution >= 0.6 is 0 Å². The number of piperazine rings is 2. The van der Waals surface area contributed by atoms with Crippen molar-refractivity contribution in [1.29, 1.82) is 0 Å². The Kier molecular flexibility index (Phi) is 8.88. The first-order valence-electron chi connectivity index (χ1n) is 10.3. The summed E-state index contributed by atoms with van der Waals surface area (Å²) in [5.74, 6) is -2.06. The lowest BCUT2D eigenvalue weighted by Crippen LogP contribution is -2.65. The quantitative estimate of drug-likeness (QED) is 0.495. The summed E-state index contributed by atoms with van der Waals surface area (Å²) in [6.45, 7) is 4.99. The smallest absolute Gasteiger partial charge is 0.321 e. The molecule has 2 heterocycles. The summed E-state index contributed by atoms with van der Waals surface area (Å²) in [6.07, 6.45) is 0.732. The highest BCUT2D eigenvalue weighted by Gasteiger charge is 2.42. The fourth-order valence-corrected chi connectivity index (χ4v) is 3.32. The molecule has 11 nitrogen and oxygen atoms in total. The van der Waals surface area contributed by atoms with Gasteiger partial charge in [0, 0.05) is 26.2 Å². The van der Waals surface area contributed by atoms with E-state index in [-0.39, 0.29) is 52.2 Å². The van der Waals surface area contributed by atoms with Gasteiger partial charge in [0.2, 0.25) is 11.8 Å². The molecule has 0 aliphatic carbocycles. The third-order valence-corrected chi connectivity index (χ3v) is 4.81. The summed E-state index contributed by atoms with van der Waals surface area (Å²) >= 11 is 0. The predicted octanol–water partition coefficient (Wildman–Crippen LogP) is -0.606. The standard InChI is InChI=1S/C19H30N4O7/c1-3-9-29-15(24)11-13-17(26)20-5-7-22(13)19(28)23-8-6-21-18(27)14(23)12-16(25)30-10-4-2/h13-14H,3-12H2,1-2H3,(H,20,26)(H,21,27). The molecule has 2 atom stereocenters. The molecule has 2 unspecified atom stereocenters. The number of carbonyl (C=O) groups excluding carboxylic acids is 5. The van der Waals surface area contributed by atoms with Crippen LogP contribution < -0.4 is 10.6 Å². The monoisotopic (exact) mass is 426 g/mol. The summed E-state index contributed by atoms with van der Waals surface area (Å²) in [7, 11) is 0. The zero-order valence-electron chi connectivity index (χ0n) is 17.5. The van der Waals surface area contributed by atoms with E-state index >= 15 is 0 Å². The van der Waals surface area contributed by atoms with Crippen molar-refractivity contribution in [2.75, 3.05) is 39.4 Å². The van der Waals surface area contributed by atoms with Gasteiger partial charge in [-0.05, 0) is 12.8 Å². The van der Waals surface area contributed by atoms with Crippen LogP contribution in [0.25, 0.3) is 0 Å². The number of esters is 2. The Morgan fingerprint density at radius 2 is 1.23 bits per heavy atom. The van der Waals surface area contributed by atoms with E-state index in [0.29, 0.717) is 12.8 Å². The fourth-order valence-electron chi connectivity index (χ4n) is 3.32. The second-order valence-electron chi connectivity index (χ2n) is 7.13. The third kappa shape index (κ3) is 6.07. The molecule has 0 saturated carbocycles. The zero-order chi connectivity index (χ0) is 22.1. The average molecular weight is 426 g/mol. The lowest BCUT2D eigenvalue weighted by atomic mass is 10.1. The topological polar surface area (TPSA) is 134 Å². The van der Waals surface area contributed by atoms with Crippen molar-refractivity contribution in [1.82, 2.24) is 20.4 Å². The number of carbonyl (C=O) groups is 5. The Bertz CT molecular complexity index is 615. The summed E-state index contributed by atoms with van der Waals surface area (Å²) < 4.78 is 10.1. The van der Waals surface area contributed by atoms with Gasteiger partial charge in [-0.3, -0.25) is 19.2 Å². The van der Waals surface area contributed by atoms with Gasteiger partial charge < -0.3 is 29.9 Å². The second kappa shape index (κ2) is 11.4. The molecular formula is C19H30N4O7. The number of ether oxygens (including phenoxy) is 2. The number of amides is 4. The average Bonchev–Trinajstić information content (AvgIpc) is 2.73. The molecule has 2 rings (SSSR count). The molecule has 2 fully saturated rings. The number of hydrogen-bond acceptors (Lipinski definition) is 7. The van der Waals surface area contributed by atoms with Crippen molar-refractivity contribution in [2.45, 2.75) is 51.6 Å². The normalized spacial score (nSPS) is 21.5. The van der Waals surface area contributed by atoms with Crippen LogP contribution in [0.1, 0.15) is 39.5 Å².